The minimum absolute atomic E-state index is 0.0149. The normalized spacial score (nSPS) is 13.1. The van der Waals surface area contributed by atoms with Gasteiger partial charge < -0.3 is 4.74 Å². The Balaban J connectivity index is 1.56. The van der Waals surface area contributed by atoms with Gasteiger partial charge in [0.2, 0.25) is 10.0 Å². The summed E-state index contributed by atoms with van der Waals surface area (Å²) in [6.07, 6.45) is 3.42. The van der Waals surface area contributed by atoms with Crippen molar-refractivity contribution >= 4 is 33.2 Å². The topological polar surface area (TPSA) is 114 Å². The van der Waals surface area contributed by atoms with Gasteiger partial charge in [0, 0.05) is 11.6 Å². The van der Waals surface area contributed by atoms with Gasteiger partial charge in [-0.2, -0.15) is 9.57 Å². The Labute approximate surface area is 207 Å². The highest BCUT2D eigenvalue weighted by Crippen LogP contribution is 2.29. The van der Waals surface area contributed by atoms with Crippen molar-refractivity contribution in [2.24, 2.45) is 0 Å². The third-order valence-electron chi connectivity index (χ3n) is 5.55. The van der Waals surface area contributed by atoms with E-state index in [4.69, 9.17) is 33.2 Å². The van der Waals surface area contributed by atoms with Crippen LogP contribution < -0.4 is 4.74 Å². The van der Waals surface area contributed by atoms with Gasteiger partial charge in [0.05, 0.1) is 30.6 Å². The van der Waals surface area contributed by atoms with E-state index in [0.717, 1.165) is 19.3 Å². The van der Waals surface area contributed by atoms with Gasteiger partial charge in [-0.05, 0) is 71.1 Å². The molecule has 1 aromatic heterocycles. The lowest BCUT2D eigenvalue weighted by Crippen LogP contribution is -2.35. The van der Waals surface area contributed by atoms with Crippen molar-refractivity contribution < 1.29 is 13.2 Å². The van der Waals surface area contributed by atoms with E-state index in [1.54, 1.807) is 0 Å². The fourth-order valence-corrected chi connectivity index (χ4v) is 5.96. The molecule has 34 heavy (non-hydrogen) atoms. The Hall–Kier alpha value is -2.71. The lowest BCUT2D eigenvalue weighted by molar-refractivity contribution is 0.265. The molecule has 0 unspecified atom stereocenters. The maximum atomic E-state index is 13.5. The number of halogens is 2. The van der Waals surface area contributed by atoms with Crippen LogP contribution in [-0.2, 0) is 36.0 Å². The molecule has 4 rings (SSSR count). The fraction of sp³-hybridized carbons (Fsp3) is 0.364. The van der Waals surface area contributed by atoms with Crippen molar-refractivity contribution in [3.05, 3.63) is 63.4 Å². The van der Waals surface area contributed by atoms with Gasteiger partial charge in [0.15, 0.2) is 5.82 Å². The molecule has 178 valence electrons. The summed E-state index contributed by atoms with van der Waals surface area (Å²) in [6, 6.07) is 12.2. The zero-order valence-electron chi connectivity index (χ0n) is 18.2. The summed E-state index contributed by atoms with van der Waals surface area (Å²) in [4.78, 5) is -0.0767. The number of hydrogen-bond acceptors (Lipinski definition) is 7. The molecule has 1 aliphatic carbocycles. The summed E-state index contributed by atoms with van der Waals surface area (Å²) < 4.78 is 35.6. The van der Waals surface area contributed by atoms with Gasteiger partial charge >= 0.3 is 0 Å². The number of tetrazole rings is 1. The maximum Gasteiger partial charge on any atom is 0.245 e. The second-order valence-corrected chi connectivity index (χ2v) is 10.5. The van der Waals surface area contributed by atoms with Crippen LogP contribution in [0, 0.1) is 11.3 Å². The molecule has 0 spiro atoms. The number of aryl methyl sites for hydroxylation is 3. The molecular weight excluding hydrogens is 499 g/mol. The molecule has 0 N–H and O–H groups in total. The highest BCUT2D eigenvalue weighted by molar-refractivity contribution is 7.89. The minimum Gasteiger partial charge on any atom is -0.492 e. The molecule has 3 aromatic rings. The number of hydrogen-bond donors (Lipinski definition) is 0. The van der Waals surface area contributed by atoms with Crippen molar-refractivity contribution in [1.29, 1.82) is 5.26 Å². The van der Waals surface area contributed by atoms with Gasteiger partial charge in [-0.1, -0.05) is 29.3 Å². The Morgan fingerprint density at radius 3 is 2.76 bits per heavy atom. The Kier molecular flexibility index (Phi) is 7.68. The smallest absolute Gasteiger partial charge is 0.245 e. The van der Waals surface area contributed by atoms with Crippen LogP contribution in [0.2, 0.25) is 10.0 Å². The van der Waals surface area contributed by atoms with Gasteiger partial charge in [-0.15, -0.1) is 5.10 Å². The highest BCUT2D eigenvalue weighted by atomic mass is 35.5. The standard InChI is InChI=1S/C22H22Cl2N6O3S/c23-18-6-8-21(20(24)14-18)34(31,32)29(15-22-26-27-28-30(22)10-2-9-25)11-12-33-19-7-5-16-3-1-4-17(16)13-19/h5-8,13-14H,1-4,10-12,15H2. The first kappa shape index (κ1) is 24.4. The Morgan fingerprint density at radius 2 is 1.97 bits per heavy atom. The van der Waals surface area contributed by atoms with Gasteiger partial charge in [0.25, 0.3) is 0 Å². The zero-order chi connectivity index (χ0) is 24.1. The van der Waals surface area contributed by atoms with Crippen LogP contribution in [0.5, 0.6) is 5.75 Å². The van der Waals surface area contributed by atoms with E-state index < -0.39 is 10.0 Å². The number of aromatic nitrogens is 4. The Morgan fingerprint density at radius 1 is 1.15 bits per heavy atom. The van der Waals surface area contributed by atoms with Gasteiger partial charge in [0.1, 0.15) is 17.3 Å². The molecule has 1 heterocycles. The number of rotatable bonds is 10. The maximum absolute atomic E-state index is 13.5. The van der Waals surface area contributed by atoms with Gasteiger partial charge in [-0.3, -0.25) is 0 Å². The molecule has 1 aliphatic rings. The number of benzene rings is 2. The summed E-state index contributed by atoms with van der Waals surface area (Å²) in [5.41, 5.74) is 2.60. The largest absolute Gasteiger partial charge is 0.492 e. The van der Waals surface area contributed by atoms with Crippen molar-refractivity contribution in [2.75, 3.05) is 13.2 Å². The monoisotopic (exact) mass is 520 g/mol. The molecule has 0 aliphatic heterocycles. The number of sulfonamides is 1. The molecule has 0 atom stereocenters. The third-order valence-corrected chi connectivity index (χ3v) is 8.11. The van der Waals surface area contributed by atoms with Crippen molar-refractivity contribution in [2.45, 2.75) is 43.7 Å². The second kappa shape index (κ2) is 10.7. The highest BCUT2D eigenvalue weighted by Gasteiger charge is 2.29. The third kappa shape index (κ3) is 5.50. The Bertz CT molecular complexity index is 1320. The molecular formula is C22H22Cl2N6O3S. The predicted molar refractivity (Wildman–Crippen MR) is 126 cm³/mol. The molecule has 0 radical (unpaired) electrons. The van der Waals surface area contributed by atoms with Crippen LogP contribution in [0.4, 0.5) is 0 Å². The minimum atomic E-state index is -4.04. The molecule has 2 aromatic carbocycles. The van der Waals surface area contributed by atoms with Gasteiger partial charge in [-0.25, -0.2) is 13.1 Å². The van der Waals surface area contributed by atoms with E-state index in [-0.39, 0.29) is 42.6 Å². The summed E-state index contributed by atoms with van der Waals surface area (Å²) in [6.45, 7) is 0.278. The zero-order valence-corrected chi connectivity index (χ0v) is 20.5. The van der Waals surface area contributed by atoms with Crippen LogP contribution in [0.1, 0.15) is 29.8 Å². The van der Waals surface area contributed by atoms with E-state index in [0.29, 0.717) is 16.6 Å². The lowest BCUT2D eigenvalue weighted by atomic mass is 10.1. The van der Waals surface area contributed by atoms with E-state index in [9.17, 15) is 8.42 Å². The van der Waals surface area contributed by atoms with Crippen LogP contribution in [0.3, 0.4) is 0 Å². The molecule has 0 saturated carbocycles. The molecule has 0 bridgehead atoms. The van der Waals surface area contributed by atoms with Crippen LogP contribution in [0.25, 0.3) is 0 Å². The number of nitrogens with zero attached hydrogens (tertiary/aromatic N) is 6. The van der Waals surface area contributed by atoms with Crippen molar-refractivity contribution in [1.82, 2.24) is 24.5 Å². The van der Waals surface area contributed by atoms with E-state index >= 15 is 0 Å². The average Bonchev–Trinajstić information content (AvgIpc) is 3.45. The fourth-order valence-electron chi connectivity index (χ4n) is 3.83. The predicted octanol–water partition coefficient (Wildman–Crippen LogP) is 3.65. The van der Waals surface area contributed by atoms with E-state index in [1.165, 1.54) is 38.3 Å². The SMILES string of the molecule is N#CCCn1nnnc1CN(CCOc1ccc2c(c1)CCC2)S(=O)(=O)c1ccc(Cl)cc1Cl. The number of ether oxygens (including phenoxy) is 1. The van der Waals surface area contributed by atoms with E-state index in [2.05, 4.69) is 21.6 Å². The first-order valence-corrected chi connectivity index (χ1v) is 12.9. The number of fused-ring (bicyclic) bond motifs is 1. The van der Waals surface area contributed by atoms with Crippen molar-refractivity contribution in [3.8, 4) is 11.8 Å². The summed E-state index contributed by atoms with van der Waals surface area (Å²) in [5.74, 6) is 1.00. The summed E-state index contributed by atoms with van der Waals surface area (Å²) >= 11 is 12.2. The summed E-state index contributed by atoms with van der Waals surface area (Å²) in [7, 11) is -4.04. The lowest BCUT2D eigenvalue weighted by Gasteiger charge is -2.22. The van der Waals surface area contributed by atoms with Crippen LogP contribution >= 0.6 is 23.2 Å². The van der Waals surface area contributed by atoms with Crippen LogP contribution in [-0.4, -0.2) is 46.1 Å². The molecule has 12 heteroatoms. The summed E-state index contributed by atoms with van der Waals surface area (Å²) in [5, 5.41) is 20.7. The molecule has 0 saturated heterocycles. The van der Waals surface area contributed by atoms with Crippen molar-refractivity contribution in [3.63, 3.8) is 0 Å². The quantitative estimate of drug-likeness (QED) is 0.400. The van der Waals surface area contributed by atoms with E-state index in [1.807, 2.05) is 18.2 Å². The van der Waals surface area contributed by atoms with Crippen LogP contribution in [0.15, 0.2) is 41.3 Å². The molecule has 0 fully saturated rings. The first-order valence-electron chi connectivity index (χ1n) is 10.7. The number of nitriles is 1. The second-order valence-electron chi connectivity index (χ2n) is 7.77. The molecule has 0 amide bonds. The molecule has 9 nitrogen and oxygen atoms in total. The first-order chi connectivity index (χ1) is 16.4. The average molecular weight is 521 g/mol.